The van der Waals surface area contributed by atoms with Crippen molar-refractivity contribution < 1.29 is 13.5 Å². The molecule has 1 aromatic carbocycles. The number of hydrogen-bond acceptors (Lipinski definition) is 6. The maximum atomic E-state index is 12.1. The number of nitrogens with two attached hydrogens (primary N) is 2. The molecule has 1 aromatic rings. The lowest BCUT2D eigenvalue weighted by Gasteiger charge is -2.13. The third-order valence-corrected chi connectivity index (χ3v) is 4.19. The molecule has 18 heavy (non-hydrogen) atoms. The molecule has 1 unspecified atom stereocenters. The Hall–Kier alpha value is -1.31. The molecule has 102 valence electrons. The predicted octanol–water partition coefficient (Wildman–Crippen LogP) is -0.206. The third-order valence-electron chi connectivity index (χ3n) is 2.26. The molecule has 0 bridgehead atoms. The Kier molecular flexibility index (Phi) is 4.94. The van der Waals surface area contributed by atoms with Gasteiger partial charge in [0.15, 0.2) is 9.84 Å². The topological polar surface area (TPSA) is 118 Å². The highest BCUT2D eigenvalue weighted by Crippen LogP contribution is 2.25. The third kappa shape index (κ3) is 3.86. The number of benzene rings is 1. The van der Waals surface area contributed by atoms with E-state index in [1.54, 1.807) is 12.1 Å². The van der Waals surface area contributed by atoms with Crippen molar-refractivity contribution in [2.24, 2.45) is 5.73 Å². The largest absolute Gasteiger partial charge is 0.399 e. The summed E-state index contributed by atoms with van der Waals surface area (Å²) in [6.45, 7) is 2.28. The van der Waals surface area contributed by atoms with Gasteiger partial charge in [-0.05, 0) is 25.1 Å². The summed E-state index contributed by atoms with van der Waals surface area (Å²) in [5.41, 5.74) is 11.8. The van der Waals surface area contributed by atoms with Gasteiger partial charge in [0.1, 0.15) is 0 Å². The van der Waals surface area contributed by atoms with Gasteiger partial charge >= 0.3 is 0 Å². The molecule has 1 atom stereocenters. The number of aliphatic hydroxyl groups excluding tert-OH is 1. The Morgan fingerprint density at radius 3 is 2.67 bits per heavy atom. The number of anilines is 2. The first-order chi connectivity index (χ1) is 8.36. The van der Waals surface area contributed by atoms with E-state index in [0.717, 1.165) is 0 Å². The molecule has 0 saturated heterocycles. The number of aliphatic hydroxyl groups is 1. The van der Waals surface area contributed by atoms with Crippen LogP contribution in [0.15, 0.2) is 23.1 Å². The maximum absolute atomic E-state index is 12.1. The van der Waals surface area contributed by atoms with Gasteiger partial charge in [-0.1, -0.05) is 0 Å². The number of nitrogen functional groups attached to an aromatic ring is 1. The molecule has 0 heterocycles. The van der Waals surface area contributed by atoms with Gasteiger partial charge in [0.2, 0.25) is 0 Å². The molecule has 0 spiro atoms. The number of sulfone groups is 1. The van der Waals surface area contributed by atoms with E-state index in [1.807, 2.05) is 0 Å². The minimum atomic E-state index is -3.58. The van der Waals surface area contributed by atoms with Gasteiger partial charge in [-0.15, -0.1) is 0 Å². The zero-order valence-electron chi connectivity index (χ0n) is 10.3. The summed E-state index contributed by atoms with van der Waals surface area (Å²) in [4.78, 5) is 0.0943. The van der Waals surface area contributed by atoms with Gasteiger partial charge < -0.3 is 21.9 Å². The second-order valence-corrected chi connectivity index (χ2v) is 6.10. The maximum Gasteiger partial charge on any atom is 0.183 e. The fraction of sp³-hybridized carbons (Fsp3) is 0.455. The van der Waals surface area contributed by atoms with E-state index in [4.69, 9.17) is 11.5 Å². The molecule has 0 saturated carbocycles. The SMILES string of the molecule is CC(O)CS(=O)(=O)c1cc(N)ccc1NCCN. The fourth-order valence-electron chi connectivity index (χ4n) is 1.56. The van der Waals surface area contributed by atoms with Crippen molar-refractivity contribution in [3.8, 4) is 0 Å². The quantitative estimate of drug-likeness (QED) is 0.533. The Balaban J connectivity index is 3.16. The van der Waals surface area contributed by atoms with E-state index >= 15 is 0 Å². The monoisotopic (exact) mass is 273 g/mol. The van der Waals surface area contributed by atoms with E-state index in [2.05, 4.69) is 5.32 Å². The molecular formula is C11H19N3O3S. The van der Waals surface area contributed by atoms with E-state index in [-0.39, 0.29) is 10.6 Å². The molecule has 0 amide bonds. The van der Waals surface area contributed by atoms with Crippen LogP contribution in [0.25, 0.3) is 0 Å². The minimum absolute atomic E-state index is 0.0943. The molecule has 0 fully saturated rings. The lowest BCUT2D eigenvalue weighted by atomic mass is 10.3. The first-order valence-corrected chi connectivity index (χ1v) is 7.26. The standard InChI is InChI=1S/C11H19N3O3S/c1-8(15)7-18(16,17)11-6-9(13)2-3-10(11)14-5-4-12/h2-3,6,8,14-15H,4-5,7,12-13H2,1H3. The van der Waals surface area contributed by atoms with E-state index < -0.39 is 15.9 Å². The predicted molar refractivity (Wildman–Crippen MR) is 72.1 cm³/mol. The highest BCUT2D eigenvalue weighted by atomic mass is 32.2. The van der Waals surface area contributed by atoms with Crippen LogP contribution < -0.4 is 16.8 Å². The Bertz CT molecular complexity index is 500. The van der Waals surface area contributed by atoms with Gasteiger partial charge in [0.25, 0.3) is 0 Å². The molecule has 0 aliphatic rings. The Morgan fingerprint density at radius 1 is 1.44 bits per heavy atom. The minimum Gasteiger partial charge on any atom is -0.399 e. The molecule has 0 aliphatic carbocycles. The Labute approximate surface area is 107 Å². The normalized spacial score (nSPS) is 13.3. The average Bonchev–Trinajstić information content (AvgIpc) is 2.25. The van der Waals surface area contributed by atoms with Gasteiger partial charge in [0.05, 0.1) is 22.4 Å². The van der Waals surface area contributed by atoms with Gasteiger partial charge in [-0.3, -0.25) is 0 Å². The summed E-state index contributed by atoms with van der Waals surface area (Å²) < 4.78 is 24.2. The van der Waals surface area contributed by atoms with Crippen molar-refractivity contribution >= 4 is 21.2 Å². The van der Waals surface area contributed by atoms with Gasteiger partial charge in [-0.25, -0.2) is 8.42 Å². The summed E-state index contributed by atoms with van der Waals surface area (Å²) in [6.07, 6.45) is -0.932. The van der Waals surface area contributed by atoms with E-state index in [1.165, 1.54) is 13.0 Å². The van der Waals surface area contributed by atoms with Crippen molar-refractivity contribution in [1.82, 2.24) is 0 Å². The summed E-state index contributed by atoms with van der Waals surface area (Å²) in [6, 6.07) is 4.59. The molecule has 0 aromatic heterocycles. The number of nitrogens with one attached hydrogen (secondary N) is 1. The first kappa shape index (κ1) is 14.7. The molecular weight excluding hydrogens is 254 g/mol. The van der Waals surface area contributed by atoms with E-state index in [0.29, 0.717) is 24.5 Å². The van der Waals surface area contributed by atoms with Crippen LogP contribution in [0.4, 0.5) is 11.4 Å². The van der Waals surface area contributed by atoms with Crippen molar-refractivity contribution in [2.45, 2.75) is 17.9 Å². The van der Waals surface area contributed by atoms with Crippen molar-refractivity contribution in [3.63, 3.8) is 0 Å². The fourth-order valence-corrected chi connectivity index (χ4v) is 3.16. The second-order valence-electron chi connectivity index (χ2n) is 4.10. The van der Waals surface area contributed by atoms with Crippen LogP contribution in [0, 0.1) is 0 Å². The molecule has 6 nitrogen and oxygen atoms in total. The van der Waals surface area contributed by atoms with E-state index in [9.17, 15) is 13.5 Å². The molecule has 6 N–H and O–H groups in total. The van der Waals surface area contributed by atoms with Gasteiger partial charge in [-0.2, -0.15) is 0 Å². The van der Waals surface area contributed by atoms with Crippen LogP contribution in [0.3, 0.4) is 0 Å². The van der Waals surface area contributed by atoms with Crippen LogP contribution in [0.1, 0.15) is 6.92 Å². The zero-order chi connectivity index (χ0) is 13.8. The Morgan fingerprint density at radius 2 is 2.11 bits per heavy atom. The molecule has 0 radical (unpaired) electrons. The summed E-state index contributed by atoms with van der Waals surface area (Å²) in [5, 5.41) is 12.2. The number of hydrogen-bond donors (Lipinski definition) is 4. The molecule has 7 heteroatoms. The summed E-state index contributed by atoms with van der Waals surface area (Å²) in [5.74, 6) is -0.340. The second kappa shape index (κ2) is 6.03. The van der Waals surface area contributed by atoms with Crippen molar-refractivity contribution in [2.75, 3.05) is 29.9 Å². The van der Waals surface area contributed by atoms with Crippen molar-refractivity contribution in [3.05, 3.63) is 18.2 Å². The van der Waals surface area contributed by atoms with Gasteiger partial charge in [0, 0.05) is 18.8 Å². The number of rotatable bonds is 6. The lowest BCUT2D eigenvalue weighted by molar-refractivity contribution is 0.218. The molecule has 0 aliphatic heterocycles. The van der Waals surface area contributed by atoms with Crippen LogP contribution in [0.2, 0.25) is 0 Å². The van der Waals surface area contributed by atoms with Crippen LogP contribution in [-0.4, -0.2) is 38.5 Å². The van der Waals surface area contributed by atoms with Crippen LogP contribution in [-0.2, 0) is 9.84 Å². The summed E-state index contributed by atoms with van der Waals surface area (Å²) >= 11 is 0. The smallest absolute Gasteiger partial charge is 0.183 e. The average molecular weight is 273 g/mol. The highest BCUT2D eigenvalue weighted by Gasteiger charge is 2.21. The zero-order valence-corrected chi connectivity index (χ0v) is 11.1. The molecule has 1 rings (SSSR count). The van der Waals surface area contributed by atoms with Crippen LogP contribution >= 0.6 is 0 Å². The first-order valence-electron chi connectivity index (χ1n) is 5.61. The summed E-state index contributed by atoms with van der Waals surface area (Å²) in [7, 11) is -3.58. The van der Waals surface area contributed by atoms with Crippen LogP contribution in [0.5, 0.6) is 0 Å². The highest BCUT2D eigenvalue weighted by molar-refractivity contribution is 7.91. The van der Waals surface area contributed by atoms with Crippen molar-refractivity contribution in [1.29, 1.82) is 0 Å². The lowest BCUT2D eigenvalue weighted by Crippen LogP contribution is -2.20.